The van der Waals surface area contributed by atoms with Gasteiger partial charge in [-0.05, 0) is 43.2 Å². The van der Waals surface area contributed by atoms with Crippen LogP contribution >= 0.6 is 0 Å². The maximum absolute atomic E-state index is 8.96. The van der Waals surface area contributed by atoms with Gasteiger partial charge in [-0.1, -0.05) is 0 Å². The number of piperidine rings is 1. The van der Waals surface area contributed by atoms with E-state index in [9.17, 15) is 0 Å². The summed E-state index contributed by atoms with van der Waals surface area (Å²) in [6, 6.07) is 12.1. The minimum atomic E-state index is 0.450. The normalized spacial score (nSPS) is 15.5. The molecule has 27 heavy (non-hydrogen) atoms. The van der Waals surface area contributed by atoms with Crippen molar-refractivity contribution in [3.63, 3.8) is 0 Å². The van der Waals surface area contributed by atoms with Gasteiger partial charge in [-0.25, -0.2) is 9.97 Å². The quantitative estimate of drug-likeness (QED) is 0.594. The van der Waals surface area contributed by atoms with Gasteiger partial charge >= 0.3 is 0 Å². The predicted octanol–water partition coefficient (Wildman–Crippen LogP) is 3.71. The third kappa shape index (κ3) is 2.55. The van der Waals surface area contributed by atoms with Crippen LogP contribution in [-0.2, 0) is 7.05 Å². The lowest BCUT2D eigenvalue weighted by atomic mass is 9.95. The molecule has 1 aliphatic rings. The van der Waals surface area contributed by atoms with Crippen LogP contribution in [0, 0.1) is 11.3 Å². The molecular weight excluding hydrogens is 336 g/mol. The van der Waals surface area contributed by atoms with Crippen molar-refractivity contribution in [3.8, 4) is 6.07 Å². The third-order valence-corrected chi connectivity index (χ3v) is 5.67. The van der Waals surface area contributed by atoms with E-state index in [2.05, 4.69) is 38.6 Å². The van der Waals surface area contributed by atoms with Gasteiger partial charge < -0.3 is 14.5 Å². The van der Waals surface area contributed by atoms with Crippen molar-refractivity contribution in [3.05, 3.63) is 54.1 Å². The van der Waals surface area contributed by atoms with E-state index in [4.69, 9.17) is 10.2 Å². The van der Waals surface area contributed by atoms with E-state index in [0.717, 1.165) is 53.8 Å². The molecular formula is C21H20N6. The second-order valence-electron chi connectivity index (χ2n) is 7.18. The molecule has 0 aliphatic carbocycles. The van der Waals surface area contributed by atoms with Gasteiger partial charge in [0.25, 0.3) is 0 Å². The summed E-state index contributed by atoms with van der Waals surface area (Å²) in [6.07, 6.45) is 5.94. The fraction of sp³-hybridized carbons (Fsp3) is 0.286. The van der Waals surface area contributed by atoms with Gasteiger partial charge in [0, 0.05) is 43.3 Å². The molecule has 0 bridgehead atoms. The smallest absolute Gasteiger partial charge is 0.139 e. The highest BCUT2D eigenvalue weighted by Crippen LogP contribution is 2.33. The number of nitrogens with one attached hydrogen (secondary N) is 1. The molecule has 1 aliphatic heterocycles. The molecule has 5 rings (SSSR count). The molecule has 4 aromatic rings. The lowest BCUT2D eigenvalue weighted by Crippen LogP contribution is -2.33. The summed E-state index contributed by atoms with van der Waals surface area (Å²) in [5.74, 6) is 1.60. The minimum absolute atomic E-state index is 0.450. The Hall–Kier alpha value is -3.33. The summed E-state index contributed by atoms with van der Waals surface area (Å²) >= 11 is 0. The van der Waals surface area contributed by atoms with Crippen LogP contribution in [0.5, 0.6) is 0 Å². The zero-order valence-corrected chi connectivity index (χ0v) is 15.2. The number of hydrogen-bond donors (Lipinski definition) is 1. The first kappa shape index (κ1) is 15.9. The molecule has 134 valence electrons. The summed E-state index contributed by atoms with van der Waals surface area (Å²) < 4.78 is 2.25. The van der Waals surface area contributed by atoms with Crippen LogP contribution in [0.1, 0.15) is 30.1 Å². The summed E-state index contributed by atoms with van der Waals surface area (Å²) in [4.78, 5) is 15.0. The summed E-state index contributed by atoms with van der Waals surface area (Å²) in [6.45, 7) is 2.00. The standard InChI is InChI=1S/C21H20N6/c1-26-19-17-6-9-23-20(17)24-13-18(19)25-21(26)15-7-10-27(11-8-15)16-4-2-14(12-22)3-5-16/h2-6,9,13,15H,7-8,10-11H2,1H3,(H,23,24). The van der Waals surface area contributed by atoms with E-state index in [0.29, 0.717) is 11.5 Å². The maximum Gasteiger partial charge on any atom is 0.139 e. The zero-order chi connectivity index (χ0) is 18.4. The molecule has 1 N–H and O–H groups in total. The predicted molar refractivity (Wildman–Crippen MR) is 106 cm³/mol. The molecule has 1 aromatic carbocycles. The Balaban J connectivity index is 1.40. The highest BCUT2D eigenvalue weighted by Gasteiger charge is 2.25. The van der Waals surface area contributed by atoms with Crippen LogP contribution in [0.3, 0.4) is 0 Å². The van der Waals surface area contributed by atoms with Gasteiger partial charge in [-0.3, -0.25) is 0 Å². The first-order valence-corrected chi connectivity index (χ1v) is 9.28. The van der Waals surface area contributed by atoms with Crippen molar-refractivity contribution >= 4 is 27.8 Å². The molecule has 0 radical (unpaired) electrons. The van der Waals surface area contributed by atoms with Gasteiger partial charge in [-0.2, -0.15) is 5.26 Å². The summed E-state index contributed by atoms with van der Waals surface area (Å²) in [7, 11) is 2.12. The van der Waals surface area contributed by atoms with Crippen LogP contribution in [0.4, 0.5) is 5.69 Å². The minimum Gasteiger partial charge on any atom is -0.371 e. The topological polar surface area (TPSA) is 73.5 Å². The number of aromatic amines is 1. The van der Waals surface area contributed by atoms with Gasteiger partial charge in [0.1, 0.15) is 17.0 Å². The molecule has 1 saturated heterocycles. The number of imidazole rings is 1. The van der Waals surface area contributed by atoms with Gasteiger partial charge in [0.15, 0.2) is 0 Å². The second-order valence-corrected chi connectivity index (χ2v) is 7.18. The Kier molecular flexibility index (Phi) is 3.61. The van der Waals surface area contributed by atoms with Crippen molar-refractivity contribution < 1.29 is 0 Å². The Morgan fingerprint density at radius 2 is 1.93 bits per heavy atom. The zero-order valence-electron chi connectivity index (χ0n) is 15.2. The highest BCUT2D eigenvalue weighted by atomic mass is 15.1. The van der Waals surface area contributed by atoms with E-state index in [-0.39, 0.29) is 0 Å². The fourth-order valence-corrected chi connectivity index (χ4v) is 4.24. The number of aryl methyl sites for hydroxylation is 1. The van der Waals surface area contributed by atoms with Crippen LogP contribution < -0.4 is 4.90 Å². The number of pyridine rings is 1. The average molecular weight is 356 g/mol. The maximum atomic E-state index is 8.96. The van der Waals surface area contributed by atoms with E-state index in [1.165, 1.54) is 5.69 Å². The number of fused-ring (bicyclic) bond motifs is 3. The van der Waals surface area contributed by atoms with Gasteiger partial charge in [0.2, 0.25) is 0 Å². The number of anilines is 1. The SMILES string of the molecule is Cn1c(C2CCN(c3ccc(C#N)cc3)CC2)nc2cnc3[nH]ccc3c21. The monoisotopic (exact) mass is 356 g/mol. The van der Waals surface area contributed by atoms with Crippen LogP contribution in [0.2, 0.25) is 0 Å². The fourth-order valence-electron chi connectivity index (χ4n) is 4.24. The van der Waals surface area contributed by atoms with Crippen molar-refractivity contribution in [2.24, 2.45) is 7.05 Å². The first-order valence-electron chi connectivity index (χ1n) is 9.28. The Morgan fingerprint density at radius 3 is 2.67 bits per heavy atom. The number of rotatable bonds is 2. The van der Waals surface area contributed by atoms with Crippen molar-refractivity contribution in [2.75, 3.05) is 18.0 Å². The molecule has 4 heterocycles. The number of hydrogen-bond acceptors (Lipinski definition) is 4. The Morgan fingerprint density at radius 1 is 1.15 bits per heavy atom. The lowest BCUT2D eigenvalue weighted by Gasteiger charge is -2.33. The molecule has 6 heteroatoms. The summed E-state index contributed by atoms with van der Waals surface area (Å²) in [5, 5.41) is 10.1. The first-order chi connectivity index (χ1) is 13.2. The van der Waals surface area contributed by atoms with E-state index >= 15 is 0 Å². The molecule has 1 fully saturated rings. The lowest BCUT2D eigenvalue weighted by molar-refractivity contribution is 0.477. The third-order valence-electron chi connectivity index (χ3n) is 5.67. The van der Waals surface area contributed by atoms with E-state index in [1.807, 2.05) is 36.7 Å². The number of nitriles is 1. The number of aromatic nitrogens is 4. The van der Waals surface area contributed by atoms with Gasteiger partial charge in [0.05, 0.1) is 23.3 Å². The molecule has 6 nitrogen and oxygen atoms in total. The van der Waals surface area contributed by atoms with E-state index < -0.39 is 0 Å². The molecule has 3 aromatic heterocycles. The molecule has 0 spiro atoms. The Bertz CT molecular complexity index is 1150. The number of nitrogens with zero attached hydrogens (tertiary/aromatic N) is 5. The molecule has 0 unspecified atom stereocenters. The van der Waals surface area contributed by atoms with Crippen molar-refractivity contribution in [1.82, 2.24) is 19.5 Å². The largest absolute Gasteiger partial charge is 0.371 e. The second kappa shape index (κ2) is 6.13. The van der Waals surface area contributed by atoms with Crippen LogP contribution in [0.25, 0.3) is 22.1 Å². The highest BCUT2D eigenvalue weighted by molar-refractivity contribution is 6.01. The van der Waals surface area contributed by atoms with Gasteiger partial charge in [-0.15, -0.1) is 0 Å². The molecule has 0 amide bonds. The van der Waals surface area contributed by atoms with E-state index in [1.54, 1.807) is 0 Å². The molecule has 0 saturated carbocycles. The summed E-state index contributed by atoms with van der Waals surface area (Å²) in [5.41, 5.74) is 4.93. The molecule has 0 atom stereocenters. The van der Waals surface area contributed by atoms with Crippen LogP contribution in [0.15, 0.2) is 42.7 Å². The average Bonchev–Trinajstić information content (AvgIpc) is 3.32. The van der Waals surface area contributed by atoms with Crippen molar-refractivity contribution in [2.45, 2.75) is 18.8 Å². The van der Waals surface area contributed by atoms with Crippen molar-refractivity contribution in [1.29, 1.82) is 5.26 Å². The number of benzene rings is 1. The number of H-pyrrole nitrogens is 1. The van der Waals surface area contributed by atoms with Crippen LogP contribution in [-0.4, -0.2) is 32.6 Å². The Labute approximate surface area is 157 Å².